The van der Waals surface area contributed by atoms with Gasteiger partial charge in [0.2, 0.25) is 5.95 Å². The van der Waals surface area contributed by atoms with Crippen molar-refractivity contribution in [2.75, 3.05) is 54.7 Å². The maximum atomic E-state index is 13.8. The highest BCUT2D eigenvalue weighted by Gasteiger charge is 2.20. The number of rotatable bonds is 8. The summed E-state index contributed by atoms with van der Waals surface area (Å²) in [5.74, 6) is 0.383. The average molecular weight is 566 g/mol. The van der Waals surface area contributed by atoms with E-state index < -0.39 is 15.7 Å². The van der Waals surface area contributed by atoms with Crippen LogP contribution < -0.4 is 20.3 Å². The minimum Gasteiger partial charge on any atom is -0.494 e. The number of morpholine rings is 1. The van der Waals surface area contributed by atoms with Gasteiger partial charge in [-0.15, -0.1) is 0 Å². The van der Waals surface area contributed by atoms with Crippen LogP contribution in [0.2, 0.25) is 0 Å². The normalized spacial score (nSPS) is 14.0. The molecule has 0 amide bonds. The third kappa shape index (κ3) is 5.82. The zero-order valence-corrected chi connectivity index (χ0v) is 21.6. The smallest absolute Gasteiger partial charge is 0.229 e. The minimum atomic E-state index is -3.67. The molecule has 186 valence electrons. The Bertz CT molecular complexity index is 1320. The van der Waals surface area contributed by atoms with E-state index in [-0.39, 0.29) is 22.3 Å². The number of hydrogen-bond donors (Lipinski definition) is 2. The van der Waals surface area contributed by atoms with E-state index in [1.807, 2.05) is 18.2 Å². The molecule has 4 rings (SSSR count). The van der Waals surface area contributed by atoms with Gasteiger partial charge in [0.15, 0.2) is 9.84 Å². The van der Waals surface area contributed by atoms with E-state index in [0.29, 0.717) is 34.9 Å². The monoisotopic (exact) mass is 565 g/mol. The molecule has 12 heteroatoms. The molecule has 2 aromatic carbocycles. The van der Waals surface area contributed by atoms with Crippen molar-refractivity contribution in [3.63, 3.8) is 0 Å². The van der Waals surface area contributed by atoms with Crippen molar-refractivity contribution in [2.24, 2.45) is 0 Å². The lowest BCUT2D eigenvalue weighted by Gasteiger charge is -2.29. The third-order valence-electron chi connectivity index (χ3n) is 5.46. The highest BCUT2D eigenvalue weighted by molar-refractivity contribution is 9.10. The molecule has 0 radical (unpaired) electrons. The van der Waals surface area contributed by atoms with Gasteiger partial charge in [0, 0.05) is 31.0 Å². The van der Waals surface area contributed by atoms with Crippen molar-refractivity contribution >= 4 is 54.6 Å². The zero-order chi connectivity index (χ0) is 25.0. The van der Waals surface area contributed by atoms with Crippen molar-refractivity contribution in [3.05, 3.63) is 52.9 Å². The molecule has 0 atom stereocenters. The molecule has 0 bridgehead atoms. The maximum absolute atomic E-state index is 13.8. The predicted molar refractivity (Wildman–Crippen MR) is 136 cm³/mol. The summed E-state index contributed by atoms with van der Waals surface area (Å²) < 4.78 is 50.3. The lowest BCUT2D eigenvalue weighted by atomic mass is 10.2. The average Bonchev–Trinajstić information content (AvgIpc) is 2.87. The first-order chi connectivity index (χ1) is 16.8. The second kappa shape index (κ2) is 10.8. The lowest BCUT2D eigenvalue weighted by Crippen LogP contribution is -2.36. The van der Waals surface area contributed by atoms with E-state index >= 15 is 0 Å². The SMILES string of the molecule is CCS(=O)(=O)c1cc(F)ccc1Nc1nc(Nc2ccc(N3CCOCC3)cc2OC)ncc1Br. The Labute approximate surface area is 211 Å². The van der Waals surface area contributed by atoms with Crippen molar-refractivity contribution in [3.8, 4) is 5.75 Å². The fourth-order valence-electron chi connectivity index (χ4n) is 3.58. The first-order valence-electron chi connectivity index (χ1n) is 10.9. The van der Waals surface area contributed by atoms with E-state index in [0.717, 1.165) is 24.8 Å². The highest BCUT2D eigenvalue weighted by atomic mass is 79.9. The number of nitrogens with one attached hydrogen (secondary N) is 2. The Morgan fingerprint density at radius 3 is 2.60 bits per heavy atom. The summed E-state index contributed by atoms with van der Waals surface area (Å²) in [6.07, 6.45) is 1.53. The number of ether oxygens (including phenoxy) is 2. The summed E-state index contributed by atoms with van der Waals surface area (Å²) >= 11 is 3.38. The largest absolute Gasteiger partial charge is 0.494 e. The summed E-state index contributed by atoms with van der Waals surface area (Å²) in [6.45, 7) is 4.48. The number of halogens is 2. The molecule has 1 aliphatic rings. The van der Waals surface area contributed by atoms with Gasteiger partial charge in [0.25, 0.3) is 0 Å². The molecular formula is C23H25BrFN5O4S. The van der Waals surface area contributed by atoms with Crippen molar-refractivity contribution in [1.29, 1.82) is 0 Å². The highest BCUT2D eigenvalue weighted by Crippen LogP contribution is 2.34. The quantitative estimate of drug-likeness (QED) is 0.408. The fraction of sp³-hybridized carbons (Fsp3) is 0.304. The summed E-state index contributed by atoms with van der Waals surface area (Å²) in [5.41, 5.74) is 1.90. The first-order valence-corrected chi connectivity index (χ1v) is 13.3. The van der Waals surface area contributed by atoms with Gasteiger partial charge in [0.1, 0.15) is 17.4 Å². The van der Waals surface area contributed by atoms with E-state index in [1.165, 1.54) is 25.3 Å². The Balaban J connectivity index is 1.60. The molecule has 0 aliphatic carbocycles. The van der Waals surface area contributed by atoms with Gasteiger partial charge in [0.05, 0.1) is 46.8 Å². The molecule has 2 N–H and O–H groups in total. The van der Waals surface area contributed by atoms with Crippen LogP contribution in [0.4, 0.5) is 33.2 Å². The second-order valence-electron chi connectivity index (χ2n) is 7.67. The molecule has 35 heavy (non-hydrogen) atoms. The summed E-state index contributed by atoms with van der Waals surface area (Å²) in [4.78, 5) is 10.8. The number of benzene rings is 2. The van der Waals surface area contributed by atoms with Crippen LogP contribution in [0.15, 0.2) is 52.0 Å². The zero-order valence-electron chi connectivity index (χ0n) is 19.2. The van der Waals surface area contributed by atoms with Crippen LogP contribution in [0.1, 0.15) is 6.92 Å². The molecule has 1 fully saturated rings. The summed E-state index contributed by atoms with van der Waals surface area (Å²) in [5, 5.41) is 6.12. The first kappa shape index (κ1) is 25.1. The van der Waals surface area contributed by atoms with E-state index in [2.05, 4.69) is 41.4 Å². The number of nitrogens with zero attached hydrogens (tertiary/aromatic N) is 3. The van der Waals surface area contributed by atoms with Crippen molar-refractivity contribution in [1.82, 2.24) is 9.97 Å². The molecule has 1 aromatic heterocycles. The predicted octanol–water partition coefficient (Wildman–Crippen LogP) is 4.50. The van der Waals surface area contributed by atoms with Gasteiger partial charge >= 0.3 is 0 Å². The van der Waals surface area contributed by atoms with Crippen LogP contribution in [0.5, 0.6) is 5.75 Å². The van der Waals surface area contributed by atoms with Crippen LogP contribution in [0, 0.1) is 5.82 Å². The number of anilines is 5. The molecule has 0 unspecified atom stereocenters. The Morgan fingerprint density at radius 2 is 1.89 bits per heavy atom. The summed E-state index contributed by atoms with van der Waals surface area (Å²) in [6, 6.07) is 9.35. The van der Waals surface area contributed by atoms with Crippen LogP contribution >= 0.6 is 15.9 Å². The Morgan fingerprint density at radius 1 is 1.14 bits per heavy atom. The number of hydrogen-bond acceptors (Lipinski definition) is 9. The van der Waals surface area contributed by atoms with Crippen molar-refractivity contribution < 1.29 is 22.3 Å². The van der Waals surface area contributed by atoms with Crippen LogP contribution in [0.3, 0.4) is 0 Å². The molecule has 0 spiro atoms. The van der Waals surface area contributed by atoms with Crippen LogP contribution in [0.25, 0.3) is 0 Å². The standard InChI is InChI=1S/C23H25BrFN5O4S/c1-3-35(31,32)21-12-15(25)4-6-19(21)27-22-17(24)14-26-23(29-22)28-18-7-5-16(13-20(18)33-2)30-8-10-34-11-9-30/h4-7,12-14H,3,8-11H2,1-2H3,(H2,26,27,28,29). The van der Waals surface area contributed by atoms with Crippen LogP contribution in [-0.4, -0.2) is 57.6 Å². The minimum absolute atomic E-state index is 0.139. The van der Waals surface area contributed by atoms with Gasteiger partial charge < -0.3 is 25.0 Å². The van der Waals surface area contributed by atoms with Gasteiger partial charge in [-0.25, -0.2) is 17.8 Å². The second-order valence-corrected chi connectivity index (χ2v) is 10.8. The van der Waals surface area contributed by atoms with Gasteiger partial charge in [-0.3, -0.25) is 0 Å². The van der Waals surface area contributed by atoms with Gasteiger partial charge in [-0.2, -0.15) is 4.98 Å². The Hall–Kier alpha value is -2.96. The van der Waals surface area contributed by atoms with E-state index in [1.54, 1.807) is 7.11 Å². The van der Waals surface area contributed by atoms with Gasteiger partial charge in [-0.1, -0.05) is 6.92 Å². The van der Waals surface area contributed by atoms with Gasteiger partial charge in [-0.05, 0) is 46.3 Å². The summed E-state index contributed by atoms with van der Waals surface area (Å²) in [7, 11) is -2.08. The molecule has 1 saturated heterocycles. The Kier molecular flexibility index (Phi) is 7.72. The molecule has 2 heterocycles. The van der Waals surface area contributed by atoms with E-state index in [4.69, 9.17) is 9.47 Å². The molecule has 1 aliphatic heterocycles. The van der Waals surface area contributed by atoms with Crippen molar-refractivity contribution in [2.45, 2.75) is 11.8 Å². The number of sulfone groups is 1. The number of methoxy groups -OCH3 is 1. The topological polar surface area (TPSA) is 106 Å². The number of aromatic nitrogens is 2. The third-order valence-corrected chi connectivity index (χ3v) is 7.81. The van der Waals surface area contributed by atoms with Crippen LogP contribution in [-0.2, 0) is 14.6 Å². The fourth-order valence-corrected chi connectivity index (χ4v) is 4.92. The molecule has 0 saturated carbocycles. The lowest BCUT2D eigenvalue weighted by molar-refractivity contribution is 0.122. The van der Waals surface area contributed by atoms with E-state index in [9.17, 15) is 12.8 Å². The molecule has 3 aromatic rings. The molecule has 9 nitrogen and oxygen atoms in total. The maximum Gasteiger partial charge on any atom is 0.229 e. The molecular weight excluding hydrogens is 541 g/mol.